The van der Waals surface area contributed by atoms with E-state index in [1.165, 1.54) is 12.7 Å². The van der Waals surface area contributed by atoms with Crippen LogP contribution in [0.5, 0.6) is 5.75 Å². The van der Waals surface area contributed by atoms with Gasteiger partial charge in [-0.15, -0.1) is 0 Å². The van der Waals surface area contributed by atoms with Crippen molar-refractivity contribution in [3.63, 3.8) is 0 Å². The lowest BCUT2D eigenvalue weighted by Crippen LogP contribution is -2.57. The van der Waals surface area contributed by atoms with Crippen molar-refractivity contribution in [3.05, 3.63) is 111 Å². The van der Waals surface area contributed by atoms with Crippen molar-refractivity contribution in [2.24, 2.45) is 5.41 Å². The lowest BCUT2D eigenvalue weighted by molar-refractivity contribution is 0.0117. The van der Waals surface area contributed by atoms with Crippen molar-refractivity contribution in [2.45, 2.75) is 13.0 Å². The van der Waals surface area contributed by atoms with Crippen LogP contribution in [-0.4, -0.2) is 57.7 Å². The molecule has 8 rings (SSSR count). The average molecular weight is 598 g/mol. The van der Waals surface area contributed by atoms with Crippen LogP contribution in [-0.2, 0) is 6.54 Å². The van der Waals surface area contributed by atoms with Gasteiger partial charge in [-0.25, -0.2) is 15.0 Å². The molecule has 2 aliphatic heterocycles. The Morgan fingerprint density at radius 2 is 1.69 bits per heavy atom. The van der Waals surface area contributed by atoms with Gasteiger partial charge in [0.2, 0.25) is 0 Å². The van der Waals surface area contributed by atoms with E-state index in [1.54, 1.807) is 6.20 Å². The second-order valence-electron chi connectivity index (χ2n) is 12.1. The van der Waals surface area contributed by atoms with E-state index >= 15 is 0 Å². The molecule has 10 heteroatoms. The number of benzene rings is 2. The Hall–Kier alpha value is -5.35. The third kappa shape index (κ3) is 4.48. The van der Waals surface area contributed by atoms with Crippen LogP contribution in [0.1, 0.15) is 12.0 Å². The summed E-state index contributed by atoms with van der Waals surface area (Å²) in [5, 5.41) is 0. The molecule has 3 aromatic heterocycles. The molecule has 0 saturated carbocycles. The average Bonchev–Trinajstić information content (AvgIpc) is 3.66. The number of hydrogen-bond donors (Lipinski definition) is 1. The summed E-state index contributed by atoms with van der Waals surface area (Å²) in [5.74, 6) is 1.31. The van der Waals surface area contributed by atoms with Gasteiger partial charge in [0.15, 0.2) is 17.2 Å². The van der Waals surface area contributed by atoms with Gasteiger partial charge >= 0.3 is 0 Å². The van der Waals surface area contributed by atoms with Crippen molar-refractivity contribution in [1.29, 1.82) is 0 Å². The molecule has 0 amide bonds. The highest BCUT2D eigenvalue weighted by atomic mass is 16.5. The normalized spacial score (nSPS) is 16.1. The zero-order valence-corrected chi connectivity index (χ0v) is 24.8. The first-order valence-electron chi connectivity index (χ1n) is 15.0. The molecule has 0 bridgehead atoms. The first-order chi connectivity index (χ1) is 21.9. The van der Waals surface area contributed by atoms with Crippen LogP contribution in [0.25, 0.3) is 39.5 Å². The van der Waals surface area contributed by atoms with Gasteiger partial charge in [-0.3, -0.25) is 19.1 Å². The molecule has 0 radical (unpaired) electrons. The van der Waals surface area contributed by atoms with Crippen LogP contribution < -0.4 is 26.2 Å². The predicted octanol–water partition coefficient (Wildman–Crippen LogP) is 4.05. The summed E-state index contributed by atoms with van der Waals surface area (Å²) in [5.41, 5.74) is 12.3. The number of aromatic nitrogens is 4. The Morgan fingerprint density at radius 1 is 0.889 bits per heavy atom. The Morgan fingerprint density at radius 3 is 2.44 bits per heavy atom. The molecule has 224 valence electrons. The second kappa shape index (κ2) is 10.4. The molecular weight excluding hydrogens is 566 g/mol. The maximum Gasteiger partial charge on any atom is 0.272 e. The van der Waals surface area contributed by atoms with Gasteiger partial charge in [0.25, 0.3) is 10.9 Å². The van der Waals surface area contributed by atoms with Crippen LogP contribution in [0.3, 0.4) is 0 Å². The van der Waals surface area contributed by atoms with E-state index in [0.717, 1.165) is 72.8 Å². The largest absolute Gasteiger partial charge is 0.491 e. The molecule has 6 aromatic rings. The molecule has 2 aliphatic rings. The summed E-state index contributed by atoms with van der Waals surface area (Å²) >= 11 is 0. The number of nitrogen functional groups attached to an aromatic ring is 1. The standard InChI is InChI=1S/C35H31N7O3/c1-45-31-28(29(43)30(31)44)41-17-15-35(21-41)19-40(20-35)18-22-9-11-24(12-10-22)42-33(25-8-5-16-37-32(25)36)39-27-14-13-26(38-34(27)42)23-6-3-2-4-7-23/h2-14,16H,15,17-21H2,1H3,(H2,36,37). The van der Waals surface area contributed by atoms with E-state index in [-0.39, 0.29) is 11.2 Å². The van der Waals surface area contributed by atoms with Gasteiger partial charge in [0, 0.05) is 55.6 Å². The number of imidazole rings is 1. The number of ether oxygens (including phenoxy) is 1. The predicted molar refractivity (Wildman–Crippen MR) is 174 cm³/mol. The van der Waals surface area contributed by atoms with E-state index < -0.39 is 10.9 Å². The summed E-state index contributed by atoms with van der Waals surface area (Å²) in [6.45, 7) is 4.27. The molecule has 5 heterocycles. The number of hydrogen-bond acceptors (Lipinski definition) is 9. The molecule has 0 aliphatic carbocycles. The molecule has 10 nitrogen and oxygen atoms in total. The van der Waals surface area contributed by atoms with Gasteiger partial charge < -0.3 is 15.4 Å². The number of fused-ring (bicyclic) bond motifs is 1. The topological polar surface area (TPSA) is 119 Å². The summed E-state index contributed by atoms with van der Waals surface area (Å²) in [7, 11) is 1.45. The number of nitrogens with two attached hydrogens (primary N) is 1. The monoisotopic (exact) mass is 597 g/mol. The van der Waals surface area contributed by atoms with E-state index in [1.807, 2.05) is 47.4 Å². The fraction of sp³-hybridized carbons (Fsp3) is 0.229. The number of anilines is 2. The van der Waals surface area contributed by atoms with Crippen molar-refractivity contribution in [2.75, 3.05) is 43.9 Å². The lowest BCUT2D eigenvalue weighted by atomic mass is 9.79. The fourth-order valence-electron chi connectivity index (χ4n) is 7.00. The van der Waals surface area contributed by atoms with Crippen molar-refractivity contribution in [1.82, 2.24) is 24.4 Å². The highest BCUT2D eigenvalue weighted by Gasteiger charge is 2.49. The van der Waals surface area contributed by atoms with E-state index in [0.29, 0.717) is 17.3 Å². The van der Waals surface area contributed by atoms with Gasteiger partial charge in [-0.05, 0) is 48.4 Å². The number of nitrogens with zero attached hydrogens (tertiary/aromatic N) is 6. The zero-order chi connectivity index (χ0) is 30.7. The van der Waals surface area contributed by atoms with Crippen molar-refractivity contribution >= 4 is 22.7 Å². The first kappa shape index (κ1) is 27.2. The highest BCUT2D eigenvalue weighted by molar-refractivity contribution is 5.84. The van der Waals surface area contributed by atoms with Crippen LogP contribution >= 0.6 is 0 Å². The van der Waals surface area contributed by atoms with Gasteiger partial charge in [0.1, 0.15) is 17.0 Å². The summed E-state index contributed by atoms with van der Waals surface area (Å²) in [6, 6.07) is 26.4. The molecule has 2 fully saturated rings. The lowest BCUT2D eigenvalue weighted by Gasteiger charge is -2.48. The molecular formula is C35H31N7O3. The van der Waals surface area contributed by atoms with Crippen LogP contribution in [0.4, 0.5) is 11.5 Å². The molecule has 45 heavy (non-hydrogen) atoms. The van der Waals surface area contributed by atoms with Crippen molar-refractivity contribution < 1.29 is 4.74 Å². The quantitative estimate of drug-likeness (QED) is 0.272. The van der Waals surface area contributed by atoms with E-state index in [4.69, 9.17) is 20.4 Å². The molecule has 2 saturated heterocycles. The maximum absolute atomic E-state index is 12.2. The fourth-order valence-corrected chi connectivity index (χ4v) is 7.00. The SMILES string of the molecule is COc1c(N2CCC3(CN(Cc4ccc(-n5c(-c6cccnc6N)nc6ccc(-c7ccccc7)nc65)cc4)C3)C2)c(=O)c1=O. The molecule has 3 aromatic carbocycles. The van der Waals surface area contributed by atoms with Gasteiger partial charge in [-0.1, -0.05) is 42.5 Å². The molecule has 1 spiro atoms. The Balaban J connectivity index is 1.05. The maximum atomic E-state index is 12.2. The summed E-state index contributed by atoms with van der Waals surface area (Å²) < 4.78 is 7.23. The highest BCUT2D eigenvalue weighted by Crippen LogP contribution is 2.42. The van der Waals surface area contributed by atoms with Crippen LogP contribution in [0.15, 0.2) is 94.6 Å². The van der Waals surface area contributed by atoms with E-state index in [2.05, 4.69) is 50.8 Å². The summed E-state index contributed by atoms with van der Waals surface area (Å²) in [4.78, 5) is 42.8. The third-order valence-electron chi connectivity index (χ3n) is 9.17. The number of methoxy groups -OCH3 is 1. The van der Waals surface area contributed by atoms with Crippen LogP contribution in [0, 0.1) is 5.41 Å². The van der Waals surface area contributed by atoms with E-state index in [9.17, 15) is 9.59 Å². The van der Waals surface area contributed by atoms with Gasteiger partial charge in [-0.2, -0.15) is 0 Å². The molecule has 2 N–H and O–H groups in total. The minimum absolute atomic E-state index is 0.140. The number of likely N-dealkylation sites (tertiary alicyclic amines) is 1. The number of rotatable bonds is 7. The summed E-state index contributed by atoms with van der Waals surface area (Å²) in [6.07, 6.45) is 2.67. The second-order valence-corrected chi connectivity index (χ2v) is 12.1. The third-order valence-corrected chi connectivity index (χ3v) is 9.17. The Bertz CT molecular complexity index is 2130. The minimum atomic E-state index is -0.515. The number of pyridine rings is 2. The van der Waals surface area contributed by atoms with Crippen molar-refractivity contribution in [3.8, 4) is 34.1 Å². The van der Waals surface area contributed by atoms with Crippen LogP contribution in [0.2, 0.25) is 0 Å². The zero-order valence-electron chi connectivity index (χ0n) is 24.8. The van der Waals surface area contributed by atoms with Gasteiger partial charge in [0.05, 0.1) is 18.4 Å². The molecule has 0 atom stereocenters. The Kier molecular flexibility index (Phi) is 6.28. The minimum Gasteiger partial charge on any atom is -0.491 e. The molecule has 0 unspecified atom stereocenters. The smallest absolute Gasteiger partial charge is 0.272 e. The Labute approximate surface area is 259 Å². The first-order valence-corrected chi connectivity index (χ1v) is 15.0.